The molecular formula is C15H18F4. The van der Waals surface area contributed by atoms with E-state index in [-0.39, 0.29) is 11.5 Å². The highest BCUT2D eigenvalue weighted by Gasteiger charge is 2.37. The van der Waals surface area contributed by atoms with Crippen molar-refractivity contribution in [2.24, 2.45) is 5.92 Å². The van der Waals surface area contributed by atoms with Crippen molar-refractivity contribution in [1.82, 2.24) is 0 Å². The molecular weight excluding hydrogens is 256 g/mol. The van der Waals surface area contributed by atoms with Gasteiger partial charge in [-0.2, -0.15) is 0 Å². The second-order valence-corrected chi connectivity index (χ2v) is 5.60. The van der Waals surface area contributed by atoms with Crippen molar-refractivity contribution in [3.05, 3.63) is 34.9 Å². The Balaban J connectivity index is 2.12. The Morgan fingerprint density at radius 2 is 1.58 bits per heavy atom. The van der Waals surface area contributed by atoms with Crippen molar-refractivity contribution in [3.63, 3.8) is 0 Å². The van der Waals surface area contributed by atoms with Crippen molar-refractivity contribution in [3.8, 4) is 0 Å². The van der Waals surface area contributed by atoms with Crippen LogP contribution in [0.3, 0.4) is 0 Å². The Labute approximate surface area is 110 Å². The third-order valence-corrected chi connectivity index (χ3v) is 4.19. The minimum atomic E-state index is -2.68. The Kier molecular flexibility index (Phi) is 3.88. The molecule has 0 amide bonds. The van der Waals surface area contributed by atoms with Gasteiger partial charge in [0, 0.05) is 5.92 Å². The molecule has 2 rings (SSSR count). The van der Waals surface area contributed by atoms with Crippen LogP contribution in [-0.2, 0) is 0 Å². The average Bonchev–Trinajstić information content (AvgIpc) is 2.35. The van der Waals surface area contributed by atoms with Crippen LogP contribution in [0, 0.1) is 24.5 Å². The quantitative estimate of drug-likeness (QED) is 0.650. The molecule has 0 spiro atoms. The number of hydrogen-bond acceptors (Lipinski definition) is 0. The highest BCUT2D eigenvalue weighted by atomic mass is 19.3. The van der Waals surface area contributed by atoms with Gasteiger partial charge >= 0.3 is 0 Å². The summed E-state index contributed by atoms with van der Waals surface area (Å²) < 4.78 is 53.8. The Morgan fingerprint density at radius 1 is 1.00 bits per heavy atom. The smallest absolute Gasteiger partial charge is 0.207 e. The predicted molar refractivity (Wildman–Crippen MR) is 66.4 cm³/mol. The number of benzene rings is 1. The summed E-state index contributed by atoms with van der Waals surface area (Å²) in [6.07, 6.45) is 1.72. The maximum atomic E-state index is 13.9. The molecule has 0 saturated heterocycles. The van der Waals surface area contributed by atoms with Gasteiger partial charge in [-0.05, 0) is 56.6 Å². The van der Waals surface area contributed by atoms with Crippen molar-refractivity contribution in [2.75, 3.05) is 0 Å². The molecule has 1 aromatic carbocycles. The third-order valence-electron chi connectivity index (χ3n) is 4.19. The minimum absolute atomic E-state index is 0.145. The van der Waals surface area contributed by atoms with Gasteiger partial charge < -0.3 is 0 Å². The van der Waals surface area contributed by atoms with E-state index in [2.05, 4.69) is 0 Å². The number of aryl methyl sites for hydroxylation is 1. The maximum absolute atomic E-state index is 13.9. The van der Waals surface area contributed by atoms with E-state index in [0.29, 0.717) is 31.2 Å². The topological polar surface area (TPSA) is 0 Å². The molecule has 1 aliphatic rings. The van der Waals surface area contributed by atoms with E-state index in [4.69, 9.17) is 0 Å². The van der Waals surface area contributed by atoms with Crippen LogP contribution < -0.4 is 0 Å². The Morgan fingerprint density at radius 3 is 2.11 bits per heavy atom. The van der Waals surface area contributed by atoms with Crippen LogP contribution in [0.2, 0.25) is 0 Å². The minimum Gasteiger partial charge on any atom is -0.207 e. The van der Waals surface area contributed by atoms with Crippen LogP contribution in [-0.4, -0.2) is 5.92 Å². The molecule has 0 aliphatic heterocycles. The van der Waals surface area contributed by atoms with Gasteiger partial charge in [0.15, 0.2) is 11.6 Å². The van der Waals surface area contributed by atoms with Crippen LogP contribution in [0.5, 0.6) is 0 Å². The molecule has 0 nitrogen and oxygen atoms in total. The van der Waals surface area contributed by atoms with E-state index >= 15 is 0 Å². The van der Waals surface area contributed by atoms with E-state index in [1.54, 1.807) is 12.1 Å². The van der Waals surface area contributed by atoms with Crippen molar-refractivity contribution in [1.29, 1.82) is 0 Å². The molecule has 0 heterocycles. The molecule has 1 saturated carbocycles. The Hall–Kier alpha value is -1.06. The van der Waals surface area contributed by atoms with E-state index in [0.717, 1.165) is 6.92 Å². The lowest BCUT2D eigenvalue weighted by Crippen LogP contribution is -2.28. The molecule has 0 aromatic heterocycles. The first-order chi connectivity index (χ1) is 8.80. The zero-order valence-corrected chi connectivity index (χ0v) is 11.1. The molecule has 1 aliphatic carbocycles. The first-order valence-electron chi connectivity index (χ1n) is 6.63. The average molecular weight is 274 g/mol. The monoisotopic (exact) mass is 274 g/mol. The second-order valence-electron chi connectivity index (χ2n) is 5.60. The molecule has 19 heavy (non-hydrogen) atoms. The highest BCUT2D eigenvalue weighted by Crippen LogP contribution is 2.42. The molecule has 0 radical (unpaired) electrons. The van der Waals surface area contributed by atoms with Crippen LogP contribution in [0.25, 0.3) is 0 Å². The molecule has 106 valence electrons. The lowest BCUT2D eigenvalue weighted by atomic mass is 9.76. The molecule has 4 heteroatoms. The summed E-state index contributed by atoms with van der Waals surface area (Å²) in [4.78, 5) is 0. The van der Waals surface area contributed by atoms with Gasteiger partial charge in [-0.25, -0.2) is 17.6 Å². The van der Waals surface area contributed by atoms with Gasteiger partial charge in [-0.3, -0.25) is 0 Å². The van der Waals surface area contributed by atoms with E-state index in [9.17, 15) is 17.6 Å². The largest absolute Gasteiger partial charge is 0.248 e. The van der Waals surface area contributed by atoms with Gasteiger partial charge in [0.2, 0.25) is 5.92 Å². The maximum Gasteiger partial charge on any atom is 0.248 e. The van der Waals surface area contributed by atoms with Crippen LogP contribution in [0.4, 0.5) is 17.6 Å². The Bertz CT molecular complexity index is 454. The molecule has 0 unspecified atom stereocenters. The fourth-order valence-electron chi connectivity index (χ4n) is 2.89. The lowest BCUT2D eigenvalue weighted by Gasteiger charge is -2.32. The molecule has 1 fully saturated rings. The normalized spacial score (nSPS) is 24.5. The fourth-order valence-corrected chi connectivity index (χ4v) is 2.89. The molecule has 1 aromatic rings. The second kappa shape index (κ2) is 5.14. The van der Waals surface area contributed by atoms with Crippen LogP contribution >= 0.6 is 0 Å². The highest BCUT2D eigenvalue weighted by molar-refractivity contribution is 5.28. The van der Waals surface area contributed by atoms with E-state index < -0.39 is 23.5 Å². The SMILES string of the molecule is Cc1ccc(C2CCC(C(C)(F)F)CC2)c(F)c1F. The number of halogens is 4. The summed E-state index contributed by atoms with van der Waals surface area (Å²) in [5, 5.41) is 0. The molecule has 0 bridgehead atoms. The molecule has 0 atom stereocenters. The standard InChI is InChI=1S/C15H18F4/c1-9-3-8-12(14(17)13(9)16)10-4-6-11(7-5-10)15(2,18)19/h3,8,10-11H,4-7H2,1-2H3. The first kappa shape index (κ1) is 14.4. The van der Waals surface area contributed by atoms with Crippen molar-refractivity contribution < 1.29 is 17.6 Å². The van der Waals surface area contributed by atoms with Crippen LogP contribution in [0.15, 0.2) is 12.1 Å². The van der Waals surface area contributed by atoms with Gasteiger partial charge in [-0.1, -0.05) is 12.1 Å². The van der Waals surface area contributed by atoms with Crippen molar-refractivity contribution in [2.45, 2.75) is 51.4 Å². The van der Waals surface area contributed by atoms with Gasteiger partial charge in [-0.15, -0.1) is 0 Å². The summed E-state index contributed by atoms with van der Waals surface area (Å²) in [6, 6.07) is 3.14. The van der Waals surface area contributed by atoms with Gasteiger partial charge in [0.05, 0.1) is 0 Å². The number of rotatable bonds is 2. The summed E-state index contributed by atoms with van der Waals surface area (Å²) >= 11 is 0. The molecule has 0 N–H and O–H groups in total. The summed E-state index contributed by atoms with van der Waals surface area (Å²) in [7, 11) is 0. The van der Waals surface area contributed by atoms with E-state index in [1.165, 1.54) is 6.92 Å². The number of hydrogen-bond donors (Lipinski definition) is 0. The van der Waals surface area contributed by atoms with Crippen molar-refractivity contribution >= 4 is 0 Å². The van der Waals surface area contributed by atoms with E-state index in [1.807, 2.05) is 0 Å². The van der Waals surface area contributed by atoms with Crippen LogP contribution in [0.1, 0.15) is 49.7 Å². The zero-order valence-electron chi connectivity index (χ0n) is 11.1. The zero-order chi connectivity index (χ0) is 14.2. The summed E-state index contributed by atoms with van der Waals surface area (Å²) in [5.41, 5.74) is 0.607. The predicted octanol–water partition coefficient (Wildman–Crippen LogP) is 5.20. The fraction of sp³-hybridized carbons (Fsp3) is 0.600. The summed E-state index contributed by atoms with van der Waals surface area (Å²) in [6.45, 7) is 2.45. The summed E-state index contributed by atoms with van der Waals surface area (Å²) in [5.74, 6) is -5.09. The third kappa shape index (κ3) is 2.93. The number of alkyl halides is 2. The lowest BCUT2D eigenvalue weighted by molar-refractivity contribution is -0.0547. The first-order valence-corrected chi connectivity index (χ1v) is 6.63. The van der Waals surface area contributed by atoms with Gasteiger partial charge in [0.1, 0.15) is 0 Å². The van der Waals surface area contributed by atoms with Gasteiger partial charge in [0.25, 0.3) is 0 Å².